The molecule has 1 aliphatic rings. The molecule has 0 saturated carbocycles. The topological polar surface area (TPSA) is 55.8 Å². The summed E-state index contributed by atoms with van der Waals surface area (Å²) in [6, 6.07) is 7.47. The number of sulfonamides is 1. The van der Waals surface area contributed by atoms with Gasteiger partial charge in [-0.25, -0.2) is 8.42 Å². The molecule has 0 radical (unpaired) electrons. The van der Waals surface area contributed by atoms with Crippen LogP contribution in [0.2, 0.25) is 0 Å². The zero-order valence-electron chi connectivity index (χ0n) is 13.7. The predicted molar refractivity (Wildman–Crippen MR) is 86.1 cm³/mol. The summed E-state index contributed by atoms with van der Waals surface area (Å²) in [6.45, 7) is 7.18. The molecule has 0 bridgehead atoms. The molecule has 0 amide bonds. The molecule has 1 aliphatic heterocycles. The van der Waals surface area contributed by atoms with Crippen molar-refractivity contribution in [3.8, 4) is 5.75 Å². The molecule has 1 aromatic rings. The smallest absolute Gasteiger partial charge is 0.238 e. The molecule has 1 fully saturated rings. The van der Waals surface area contributed by atoms with Gasteiger partial charge in [-0.05, 0) is 29.5 Å². The summed E-state index contributed by atoms with van der Waals surface area (Å²) in [5.74, 6) is 0.531. The lowest BCUT2D eigenvalue weighted by atomic mass is 9.89. The highest BCUT2D eigenvalue weighted by atomic mass is 32.2. The standard InChI is InChI=1S/C16H25NO4S/c1-16(2,3)9-15-11-17(22(18,19)12-21-15)10-13-5-7-14(20-4)8-6-13/h5-8,15H,9-12H2,1-4H3. The average molecular weight is 327 g/mol. The zero-order chi connectivity index (χ0) is 16.4. The Kier molecular flexibility index (Phi) is 5.14. The average Bonchev–Trinajstić information content (AvgIpc) is 2.42. The molecular formula is C16H25NO4S. The van der Waals surface area contributed by atoms with Gasteiger partial charge in [-0.1, -0.05) is 32.9 Å². The van der Waals surface area contributed by atoms with Gasteiger partial charge in [0, 0.05) is 13.1 Å². The van der Waals surface area contributed by atoms with E-state index in [1.165, 1.54) is 4.31 Å². The van der Waals surface area contributed by atoms with Gasteiger partial charge >= 0.3 is 0 Å². The summed E-state index contributed by atoms with van der Waals surface area (Å²) in [7, 11) is -1.74. The highest BCUT2D eigenvalue weighted by Crippen LogP contribution is 2.27. The first-order valence-corrected chi connectivity index (χ1v) is 9.03. The SMILES string of the molecule is COc1ccc(CN2CC(CC(C)(C)C)OCS2(=O)=O)cc1. The number of hydrogen-bond donors (Lipinski definition) is 0. The summed E-state index contributed by atoms with van der Waals surface area (Å²) < 4.78 is 36.6. The molecule has 22 heavy (non-hydrogen) atoms. The first-order chi connectivity index (χ1) is 10.2. The Balaban J connectivity index is 2.08. The van der Waals surface area contributed by atoms with Crippen molar-refractivity contribution in [3.63, 3.8) is 0 Å². The molecule has 5 nitrogen and oxygen atoms in total. The van der Waals surface area contributed by atoms with Crippen LogP contribution in [0.5, 0.6) is 5.75 Å². The normalized spacial score (nSPS) is 22.5. The monoisotopic (exact) mass is 327 g/mol. The van der Waals surface area contributed by atoms with Crippen LogP contribution in [0, 0.1) is 5.41 Å². The summed E-state index contributed by atoms with van der Waals surface area (Å²) >= 11 is 0. The van der Waals surface area contributed by atoms with E-state index in [1.54, 1.807) is 7.11 Å². The molecule has 1 atom stereocenters. The van der Waals surface area contributed by atoms with Crippen LogP contribution in [-0.4, -0.2) is 38.4 Å². The quantitative estimate of drug-likeness (QED) is 0.853. The third-order valence-electron chi connectivity index (χ3n) is 3.61. The van der Waals surface area contributed by atoms with E-state index in [-0.39, 0.29) is 17.5 Å². The minimum Gasteiger partial charge on any atom is -0.497 e. The second-order valence-electron chi connectivity index (χ2n) is 6.92. The zero-order valence-corrected chi connectivity index (χ0v) is 14.5. The highest BCUT2D eigenvalue weighted by molar-refractivity contribution is 7.88. The van der Waals surface area contributed by atoms with E-state index in [1.807, 2.05) is 24.3 Å². The van der Waals surface area contributed by atoms with Crippen molar-refractivity contribution in [2.75, 3.05) is 19.6 Å². The van der Waals surface area contributed by atoms with Crippen molar-refractivity contribution in [2.24, 2.45) is 5.41 Å². The molecule has 1 unspecified atom stereocenters. The van der Waals surface area contributed by atoms with E-state index in [2.05, 4.69) is 20.8 Å². The molecular weight excluding hydrogens is 302 g/mol. The van der Waals surface area contributed by atoms with Gasteiger partial charge in [0.15, 0.2) is 5.94 Å². The van der Waals surface area contributed by atoms with Crippen LogP contribution in [0.1, 0.15) is 32.8 Å². The maximum absolute atomic E-state index is 12.2. The van der Waals surface area contributed by atoms with Crippen LogP contribution in [0.3, 0.4) is 0 Å². The lowest BCUT2D eigenvalue weighted by Gasteiger charge is -2.35. The van der Waals surface area contributed by atoms with E-state index in [0.29, 0.717) is 13.1 Å². The first kappa shape index (κ1) is 17.2. The molecule has 124 valence electrons. The molecule has 0 N–H and O–H groups in total. The van der Waals surface area contributed by atoms with Crippen LogP contribution in [0.25, 0.3) is 0 Å². The van der Waals surface area contributed by atoms with E-state index in [0.717, 1.165) is 17.7 Å². The Hall–Kier alpha value is -1.11. The van der Waals surface area contributed by atoms with Crippen molar-refractivity contribution >= 4 is 10.0 Å². The molecule has 1 saturated heterocycles. The highest BCUT2D eigenvalue weighted by Gasteiger charge is 2.34. The minimum atomic E-state index is -3.35. The minimum absolute atomic E-state index is 0.0539. The Morgan fingerprint density at radius 2 is 1.91 bits per heavy atom. The molecule has 0 aromatic heterocycles. The van der Waals surface area contributed by atoms with Gasteiger partial charge in [-0.3, -0.25) is 0 Å². The molecule has 6 heteroatoms. The van der Waals surface area contributed by atoms with E-state index < -0.39 is 10.0 Å². The number of benzene rings is 1. The number of rotatable bonds is 4. The number of ether oxygens (including phenoxy) is 2. The summed E-state index contributed by atoms with van der Waals surface area (Å²) in [6.07, 6.45) is 0.781. The summed E-state index contributed by atoms with van der Waals surface area (Å²) in [5.41, 5.74) is 1.05. The van der Waals surface area contributed by atoms with E-state index in [9.17, 15) is 8.42 Å². The van der Waals surface area contributed by atoms with Crippen LogP contribution >= 0.6 is 0 Å². The first-order valence-electron chi connectivity index (χ1n) is 7.42. The Labute approximate surface area is 133 Å². The maximum atomic E-state index is 12.2. The van der Waals surface area contributed by atoms with Crippen LogP contribution in [-0.2, 0) is 21.3 Å². The fourth-order valence-electron chi connectivity index (χ4n) is 2.55. The van der Waals surface area contributed by atoms with E-state index in [4.69, 9.17) is 9.47 Å². The van der Waals surface area contributed by atoms with Crippen molar-refractivity contribution in [3.05, 3.63) is 29.8 Å². The molecule has 1 heterocycles. The van der Waals surface area contributed by atoms with Crippen LogP contribution < -0.4 is 4.74 Å². The molecule has 1 aromatic carbocycles. The van der Waals surface area contributed by atoms with Gasteiger partial charge in [0.2, 0.25) is 10.0 Å². The van der Waals surface area contributed by atoms with Crippen molar-refractivity contribution in [2.45, 2.75) is 39.8 Å². The third kappa shape index (κ3) is 4.69. The number of nitrogens with zero attached hydrogens (tertiary/aromatic N) is 1. The molecule has 0 spiro atoms. The van der Waals surface area contributed by atoms with Crippen molar-refractivity contribution in [1.29, 1.82) is 0 Å². The fourth-order valence-corrected chi connectivity index (χ4v) is 3.81. The second-order valence-corrected chi connectivity index (χ2v) is 8.84. The fraction of sp³-hybridized carbons (Fsp3) is 0.625. The van der Waals surface area contributed by atoms with Gasteiger partial charge in [0.1, 0.15) is 5.75 Å². The third-order valence-corrected chi connectivity index (χ3v) is 5.11. The van der Waals surface area contributed by atoms with Crippen molar-refractivity contribution < 1.29 is 17.9 Å². The Bertz CT molecular complexity index is 590. The predicted octanol–water partition coefficient (Wildman–Crippen LogP) is 2.62. The van der Waals surface area contributed by atoms with Gasteiger partial charge in [0.25, 0.3) is 0 Å². The van der Waals surface area contributed by atoms with Gasteiger partial charge in [-0.15, -0.1) is 0 Å². The van der Waals surface area contributed by atoms with Gasteiger partial charge in [0.05, 0.1) is 13.2 Å². The van der Waals surface area contributed by atoms with Crippen molar-refractivity contribution in [1.82, 2.24) is 4.31 Å². The molecule has 0 aliphatic carbocycles. The Morgan fingerprint density at radius 1 is 1.27 bits per heavy atom. The van der Waals surface area contributed by atoms with Crippen LogP contribution in [0.15, 0.2) is 24.3 Å². The summed E-state index contributed by atoms with van der Waals surface area (Å²) in [5, 5.41) is 0. The van der Waals surface area contributed by atoms with Gasteiger partial charge < -0.3 is 9.47 Å². The second kappa shape index (κ2) is 6.56. The largest absolute Gasteiger partial charge is 0.497 e. The van der Waals surface area contributed by atoms with Gasteiger partial charge in [-0.2, -0.15) is 4.31 Å². The number of methoxy groups -OCH3 is 1. The summed E-state index contributed by atoms with van der Waals surface area (Å²) in [4.78, 5) is 0. The number of hydrogen-bond acceptors (Lipinski definition) is 4. The lowest BCUT2D eigenvalue weighted by molar-refractivity contribution is 0.0199. The molecule has 2 rings (SSSR count). The lowest BCUT2D eigenvalue weighted by Crippen LogP contribution is -2.46. The Morgan fingerprint density at radius 3 is 2.45 bits per heavy atom. The van der Waals surface area contributed by atoms with Crippen LogP contribution in [0.4, 0.5) is 0 Å². The maximum Gasteiger partial charge on any atom is 0.238 e. The van der Waals surface area contributed by atoms with E-state index >= 15 is 0 Å².